The van der Waals surface area contributed by atoms with E-state index in [1.165, 1.54) is 6.42 Å². The van der Waals surface area contributed by atoms with Gasteiger partial charge in [0.05, 0.1) is 6.10 Å². The average molecular weight is 423 g/mol. The normalized spacial score (nSPS) is 18.6. The number of nitrogens with zero attached hydrogens (tertiary/aromatic N) is 1. The van der Waals surface area contributed by atoms with Crippen LogP contribution in [0.4, 0.5) is 0 Å². The number of hydrogen-bond donors (Lipinski definition) is 1. The Balaban J connectivity index is 1.24. The van der Waals surface area contributed by atoms with Gasteiger partial charge in [0.25, 0.3) is 11.8 Å². The Morgan fingerprint density at radius 3 is 2.32 bits per heavy atom. The van der Waals surface area contributed by atoms with Crippen LogP contribution in [0.2, 0.25) is 0 Å². The molecular formula is C25H30N2O4. The molecule has 2 aliphatic heterocycles. The van der Waals surface area contributed by atoms with Crippen LogP contribution in [0.1, 0.15) is 58.4 Å². The molecule has 4 rings (SSSR count). The van der Waals surface area contributed by atoms with Crippen molar-refractivity contribution in [1.82, 2.24) is 10.2 Å². The summed E-state index contributed by atoms with van der Waals surface area (Å²) in [5.74, 6) is 0.692. The third-order valence-electron chi connectivity index (χ3n) is 5.87. The van der Waals surface area contributed by atoms with Gasteiger partial charge in [-0.3, -0.25) is 9.59 Å². The summed E-state index contributed by atoms with van der Waals surface area (Å²) in [5.41, 5.74) is 2.25. The zero-order valence-electron chi connectivity index (χ0n) is 17.8. The molecule has 6 heteroatoms. The number of amides is 2. The van der Waals surface area contributed by atoms with Crippen LogP contribution < -0.4 is 10.1 Å². The number of benzene rings is 2. The molecule has 0 saturated carbocycles. The third kappa shape index (κ3) is 5.85. The molecule has 164 valence electrons. The van der Waals surface area contributed by atoms with E-state index >= 15 is 0 Å². The first-order valence-electron chi connectivity index (χ1n) is 11.2. The Labute approximate surface area is 183 Å². The van der Waals surface area contributed by atoms with Crippen LogP contribution in [0.25, 0.3) is 0 Å². The Morgan fingerprint density at radius 2 is 1.65 bits per heavy atom. The molecule has 1 atom stereocenters. The van der Waals surface area contributed by atoms with E-state index in [9.17, 15) is 9.59 Å². The number of piperidine rings is 1. The van der Waals surface area contributed by atoms with E-state index in [0.717, 1.165) is 56.7 Å². The smallest absolute Gasteiger partial charge is 0.253 e. The van der Waals surface area contributed by atoms with Gasteiger partial charge in [0.1, 0.15) is 12.4 Å². The molecule has 2 aromatic carbocycles. The molecule has 1 N–H and O–H groups in total. The minimum Gasteiger partial charge on any atom is -0.491 e. The van der Waals surface area contributed by atoms with Crippen molar-refractivity contribution in [3.05, 3.63) is 65.2 Å². The molecule has 0 aromatic heterocycles. The van der Waals surface area contributed by atoms with Crippen molar-refractivity contribution in [1.29, 1.82) is 0 Å². The lowest BCUT2D eigenvalue weighted by molar-refractivity contribution is 0.0679. The van der Waals surface area contributed by atoms with Crippen LogP contribution in [-0.2, 0) is 11.3 Å². The molecule has 0 radical (unpaired) electrons. The minimum atomic E-state index is -0.140. The van der Waals surface area contributed by atoms with E-state index in [1.807, 2.05) is 41.3 Å². The maximum atomic E-state index is 12.5. The highest BCUT2D eigenvalue weighted by molar-refractivity contribution is 5.95. The molecule has 2 saturated heterocycles. The Morgan fingerprint density at radius 1 is 0.935 bits per heavy atom. The Hall–Kier alpha value is -2.86. The van der Waals surface area contributed by atoms with E-state index in [1.54, 1.807) is 12.1 Å². The van der Waals surface area contributed by atoms with Gasteiger partial charge in [0.15, 0.2) is 0 Å². The first-order chi connectivity index (χ1) is 15.2. The predicted octanol–water partition coefficient (Wildman–Crippen LogP) is 3.80. The number of hydrogen-bond acceptors (Lipinski definition) is 4. The molecule has 0 bridgehead atoms. The fraction of sp³-hybridized carbons (Fsp3) is 0.440. The fourth-order valence-electron chi connectivity index (χ4n) is 4.00. The molecule has 0 aliphatic carbocycles. The van der Waals surface area contributed by atoms with Crippen LogP contribution in [0.5, 0.6) is 5.75 Å². The van der Waals surface area contributed by atoms with Crippen molar-refractivity contribution >= 4 is 11.8 Å². The molecular weight excluding hydrogens is 392 g/mol. The van der Waals surface area contributed by atoms with Gasteiger partial charge in [-0.05, 0) is 74.1 Å². The van der Waals surface area contributed by atoms with E-state index in [2.05, 4.69) is 5.32 Å². The Bertz CT molecular complexity index is 867. The maximum Gasteiger partial charge on any atom is 0.253 e. The highest BCUT2D eigenvalue weighted by atomic mass is 16.5. The summed E-state index contributed by atoms with van der Waals surface area (Å²) in [6.07, 6.45) is 5.66. The van der Waals surface area contributed by atoms with Crippen molar-refractivity contribution in [3.8, 4) is 5.75 Å². The van der Waals surface area contributed by atoms with Gasteiger partial charge in [-0.15, -0.1) is 0 Å². The first-order valence-corrected chi connectivity index (χ1v) is 11.2. The van der Waals surface area contributed by atoms with Crippen molar-refractivity contribution in [2.75, 3.05) is 26.3 Å². The highest BCUT2D eigenvalue weighted by Crippen LogP contribution is 2.17. The summed E-state index contributed by atoms with van der Waals surface area (Å²) in [6.45, 7) is 3.45. The van der Waals surface area contributed by atoms with E-state index in [-0.39, 0.29) is 17.9 Å². The van der Waals surface area contributed by atoms with Crippen molar-refractivity contribution in [2.45, 2.75) is 44.8 Å². The average Bonchev–Trinajstić information content (AvgIpc) is 3.36. The molecule has 2 amide bonds. The molecule has 1 unspecified atom stereocenters. The summed E-state index contributed by atoms with van der Waals surface area (Å²) < 4.78 is 11.3. The lowest BCUT2D eigenvalue weighted by Crippen LogP contribution is -2.35. The lowest BCUT2D eigenvalue weighted by Gasteiger charge is -2.26. The molecule has 2 aliphatic rings. The summed E-state index contributed by atoms with van der Waals surface area (Å²) in [7, 11) is 0. The van der Waals surface area contributed by atoms with Crippen molar-refractivity contribution in [2.24, 2.45) is 0 Å². The van der Waals surface area contributed by atoms with E-state index in [0.29, 0.717) is 24.3 Å². The van der Waals surface area contributed by atoms with Gasteiger partial charge >= 0.3 is 0 Å². The fourth-order valence-corrected chi connectivity index (χ4v) is 4.00. The van der Waals surface area contributed by atoms with Gasteiger partial charge in [-0.25, -0.2) is 0 Å². The second-order valence-corrected chi connectivity index (χ2v) is 8.20. The topological polar surface area (TPSA) is 67.9 Å². The van der Waals surface area contributed by atoms with Crippen LogP contribution in [0, 0.1) is 0 Å². The minimum absolute atomic E-state index is 0.0945. The second kappa shape index (κ2) is 10.4. The van der Waals surface area contributed by atoms with Gasteiger partial charge in [-0.2, -0.15) is 0 Å². The standard InChI is InChI=1S/C25H30N2O4/c28-24(20-10-12-22(13-11-20)31-18-23-5-4-16-30-23)26-17-19-6-8-21(9-7-19)25(29)27-14-2-1-3-15-27/h6-13,23H,1-5,14-18H2,(H,26,28). The molecule has 0 spiro atoms. The number of likely N-dealkylation sites (tertiary alicyclic amines) is 1. The number of carbonyl (C=O) groups is 2. The molecule has 6 nitrogen and oxygen atoms in total. The van der Waals surface area contributed by atoms with Crippen molar-refractivity contribution < 1.29 is 19.1 Å². The monoisotopic (exact) mass is 422 g/mol. The molecule has 31 heavy (non-hydrogen) atoms. The van der Waals surface area contributed by atoms with Gasteiger partial charge in [-0.1, -0.05) is 12.1 Å². The number of nitrogens with one attached hydrogen (secondary N) is 1. The quantitative estimate of drug-likeness (QED) is 0.737. The van der Waals surface area contributed by atoms with Crippen LogP contribution in [-0.4, -0.2) is 49.1 Å². The Kier molecular flexibility index (Phi) is 7.20. The highest BCUT2D eigenvalue weighted by Gasteiger charge is 2.18. The van der Waals surface area contributed by atoms with Crippen LogP contribution >= 0.6 is 0 Å². The summed E-state index contributed by atoms with van der Waals surface area (Å²) in [5, 5.41) is 2.93. The zero-order chi connectivity index (χ0) is 21.5. The van der Waals surface area contributed by atoms with E-state index in [4.69, 9.17) is 9.47 Å². The van der Waals surface area contributed by atoms with Crippen LogP contribution in [0.15, 0.2) is 48.5 Å². The van der Waals surface area contributed by atoms with Crippen molar-refractivity contribution in [3.63, 3.8) is 0 Å². The number of rotatable bonds is 7. The maximum absolute atomic E-state index is 12.5. The predicted molar refractivity (Wildman–Crippen MR) is 118 cm³/mol. The summed E-state index contributed by atoms with van der Waals surface area (Å²) >= 11 is 0. The molecule has 2 fully saturated rings. The van der Waals surface area contributed by atoms with Crippen LogP contribution in [0.3, 0.4) is 0 Å². The number of carbonyl (C=O) groups excluding carboxylic acids is 2. The van der Waals surface area contributed by atoms with E-state index < -0.39 is 0 Å². The van der Waals surface area contributed by atoms with Gasteiger partial charge in [0, 0.05) is 37.4 Å². The van der Waals surface area contributed by atoms with Gasteiger partial charge < -0.3 is 19.7 Å². The third-order valence-corrected chi connectivity index (χ3v) is 5.87. The lowest BCUT2D eigenvalue weighted by atomic mass is 10.1. The SMILES string of the molecule is O=C(NCc1ccc(C(=O)N2CCCCC2)cc1)c1ccc(OCC2CCCO2)cc1. The van der Waals surface area contributed by atoms with Gasteiger partial charge in [0.2, 0.25) is 0 Å². The summed E-state index contributed by atoms with van der Waals surface area (Å²) in [4.78, 5) is 26.9. The number of ether oxygens (including phenoxy) is 2. The summed E-state index contributed by atoms with van der Waals surface area (Å²) in [6, 6.07) is 14.6. The molecule has 2 heterocycles. The zero-order valence-corrected chi connectivity index (χ0v) is 17.8. The first kappa shape index (κ1) is 21.4. The second-order valence-electron chi connectivity index (χ2n) is 8.20. The molecule has 2 aromatic rings. The largest absolute Gasteiger partial charge is 0.491 e.